The topological polar surface area (TPSA) is 195 Å². The predicted molar refractivity (Wildman–Crippen MR) is 137 cm³/mol. The van der Waals surface area contributed by atoms with Crippen LogP contribution in [0.1, 0.15) is 5.56 Å². The van der Waals surface area contributed by atoms with Gasteiger partial charge in [0.05, 0.1) is 16.0 Å². The fourth-order valence-electron chi connectivity index (χ4n) is 2.56. The second-order valence-corrected chi connectivity index (χ2v) is 8.27. The number of nitrogens with two attached hydrogens (primary N) is 1. The molecule has 0 spiro atoms. The number of carboxylic acid groups (broad SMARTS) is 2. The van der Waals surface area contributed by atoms with E-state index in [1.807, 2.05) is 0 Å². The van der Waals surface area contributed by atoms with Crippen LogP contribution in [0, 0.1) is 15.9 Å². The molecule has 0 unspecified atom stereocenters. The average Bonchev–Trinajstić information content (AvgIpc) is 2.91. The minimum Gasteiger partial charge on any atom is -0.475 e. The van der Waals surface area contributed by atoms with Gasteiger partial charge in [0.2, 0.25) is 5.91 Å². The molecule has 3 aromatic rings. The summed E-state index contributed by atoms with van der Waals surface area (Å²) in [6, 6.07) is 12.3. The van der Waals surface area contributed by atoms with E-state index in [1.54, 1.807) is 24.3 Å². The van der Waals surface area contributed by atoms with Crippen LogP contribution >= 0.6 is 11.6 Å². The van der Waals surface area contributed by atoms with Crippen LogP contribution in [-0.2, 0) is 20.8 Å². The fourth-order valence-corrected chi connectivity index (χ4v) is 2.74. The molecule has 1 heterocycles. The van der Waals surface area contributed by atoms with Crippen molar-refractivity contribution in [1.29, 1.82) is 0 Å². The number of nitrogens with one attached hydrogen (secondary N) is 1. The first-order valence-electron chi connectivity index (χ1n) is 11.2. The number of pyridine rings is 1. The van der Waals surface area contributed by atoms with Crippen molar-refractivity contribution in [1.82, 2.24) is 4.98 Å². The molecule has 0 aliphatic rings. The summed E-state index contributed by atoms with van der Waals surface area (Å²) < 4.78 is 82.1. The number of carbonyl (C=O) groups is 3. The second-order valence-electron chi connectivity index (χ2n) is 7.87. The number of hydrogen-bond donors (Lipinski definition) is 4. The van der Waals surface area contributed by atoms with Crippen LogP contribution in [0.4, 0.5) is 42.1 Å². The maximum Gasteiger partial charge on any atom is 0.490 e. The van der Waals surface area contributed by atoms with E-state index in [-0.39, 0.29) is 23.0 Å². The third-order valence-electron chi connectivity index (χ3n) is 4.55. The van der Waals surface area contributed by atoms with Crippen LogP contribution in [0.15, 0.2) is 60.8 Å². The monoisotopic (exact) mass is 658 g/mol. The Kier molecular flexibility index (Phi) is 13.4. The number of aromatic nitrogens is 1. The zero-order valence-electron chi connectivity index (χ0n) is 21.4. The summed E-state index contributed by atoms with van der Waals surface area (Å²) in [7, 11) is 0. The zero-order chi connectivity index (χ0) is 33.8. The van der Waals surface area contributed by atoms with Crippen molar-refractivity contribution >= 4 is 40.8 Å². The van der Waals surface area contributed by atoms with Crippen LogP contribution in [0.5, 0.6) is 11.6 Å². The molecule has 1 atom stereocenters. The molecule has 12 nitrogen and oxygen atoms in total. The lowest BCUT2D eigenvalue weighted by Crippen LogP contribution is -2.37. The number of nitro groups is 1. The molecule has 238 valence electrons. The molecule has 5 N–H and O–H groups in total. The second kappa shape index (κ2) is 16.0. The predicted octanol–water partition coefficient (Wildman–Crippen LogP) is 5.35. The number of benzene rings is 2. The molecule has 44 heavy (non-hydrogen) atoms. The van der Waals surface area contributed by atoms with Gasteiger partial charge in [0, 0.05) is 18.0 Å². The largest absolute Gasteiger partial charge is 0.490 e. The number of carbonyl (C=O) groups excluding carboxylic acids is 1. The highest BCUT2D eigenvalue weighted by atomic mass is 35.5. The highest BCUT2D eigenvalue weighted by Crippen LogP contribution is 2.28. The van der Waals surface area contributed by atoms with Gasteiger partial charge in [-0.15, -0.1) is 0 Å². The van der Waals surface area contributed by atoms with Gasteiger partial charge in [-0.05, 0) is 48.4 Å². The Balaban J connectivity index is 0.000000574. The van der Waals surface area contributed by atoms with E-state index >= 15 is 0 Å². The Bertz CT molecular complexity index is 1450. The molecule has 20 heteroatoms. The van der Waals surface area contributed by atoms with E-state index in [9.17, 15) is 45.6 Å². The summed E-state index contributed by atoms with van der Waals surface area (Å²) in [5, 5.41) is 27.7. The van der Waals surface area contributed by atoms with E-state index in [0.29, 0.717) is 11.4 Å². The summed E-state index contributed by atoms with van der Waals surface area (Å²) in [5.41, 5.74) is 6.78. The fraction of sp³-hybridized carbons (Fsp3) is 0.167. The van der Waals surface area contributed by atoms with Crippen molar-refractivity contribution in [3.05, 3.63) is 87.3 Å². The SMILES string of the molecule is N[C@@H](Cc1ccc(Oc2ncccc2[N+](=O)[O-])cc1)C(=O)Nc1ccc(F)c(Cl)c1.O=C(O)C(F)(F)F.O=C(O)C(F)(F)F. The lowest BCUT2D eigenvalue weighted by Gasteiger charge is -2.13. The van der Waals surface area contributed by atoms with Crippen molar-refractivity contribution in [2.24, 2.45) is 5.73 Å². The Hall–Kier alpha value is -5.04. The lowest BCUT2D eigenvalue weighted by atomic mass is 10.1. The van der Waals surface area contributed by atoms with Gasteiger partial charge < -0.3 is 26.0 Å². The number of ether oxygens (including phenoxy) is 1. The first-order valence-corrected chi connectivity index (χ1v) is 11.6. The van der Waals surface area contributed by atoms with Gasteiger partial charge in [-0.3, -0.25) is 14.9 Å². The van der Waals surface area contributed by atoms with Gasteiger partial charge >= 0.3 is 30.0 Å². The van der Waals surface area contributed by atoms with E-state index in [0.717, 1.165) is 11.6 Å². The Morgan fingerprint density at radius 3 is 1.98 bits per heavy atom. The van der Waals surface area contributed by atoms with Gasteiger partial charge in [-0.1, -0.05) is 23.7 Å². The molecule has 0 fully saturated rings. The number of alkyl halides is 6. The standard InChI is InChI=1S/C20H16ClFN4O4.2C2HF3O2/c21-15-11-13(5-8-16(15)22)25-19(27)17(23)10-12-3-6-14(7-4-12)30-20-18(26(28)29)2-1-9-24-20;2*3-2(4,5)1(6)7/h1-9,11,17H,10,23H2,(H,25,27);2*(H,6,7)/t17-;;/m0../s1. The molecule has 1 aromatic heterocycles. The molecule has 0 aliphatic carbocycles. The van der Waals surface area contributed by atoms with Crippen LogP contribution in [0.2, 0.25) is 5.02 Å². The minimum atomic E-state index is -5.08. The number of carboxylic acids is 2. The zero-order valence-corrected chi connectivity index (χ0v) is 22.2. The Morgan fingerprint density at radius 2 is 1.52 bits per heavy atom. The summed E-state index contributed by atoms with van der Waals surface area (Å²) >= 11 is 5.70. The van der Waals surface area contributed by atoms with Crippen molar-refractivity contribution in [2.45, 2.75) is 24.8 Å². The van der Waals surface area contributed by atoms with E-state index in [2.05, 4.69) is 10.3 Å². The molecule has 0 bridgehead atoms. The van der Waals surface area contributed by atoms with E-state index in [1.165, 1.54) is 30.5 Å². The summed E-state index contributed by atoms with van der Waals surface area (Å²) in [5.74, 6) is -6.33. The maximum atomic E-state index is 13.2. The molecular weight excluding hydrogens is 641 g/mol. The third-order valence-corrected chi connectivity index (χ3v) is 4.84. The molecule has 1 amide bonds. The van der Waals surface area contributed by atoms with Crippen LogP contribution in [-0.4, -0.2) is 56.4 Å². The van der Waals surface area contributed by atoms with Crippen molar-refractivity contribution in [2.75, 3.05) is 5.32 Å². The number of rotatable bonds is 7. The average molecular weight is 659 g/mol. The lowest BCUT2D eigenvalue weighted by molar-refractivity contribution is -0.386. The Morgan fingerprint density at radius 1 is 1.00 bits per heavy atom. The number of anilines is 1. The smallest absolute Gasteiger partial charge is 0.475 e. The molecule has 0 saturated carbocycles. The van der Waals surface area contributed by atoms with Crippen molar-refractivity contribution < 1.29 is 65.0 Å². The highest BCUT2D eigenvalue weighted by molar-refractivity contribution is 6.31. The molecular formula is C24H18ClF7N4O8. The van der Waals surface area contributed by atoms with Gasteiger partial charge in [-0.25, -0.2) is 19.0 Å². The molecule has 0 aliphatic heterocycles. The maximum absolute atomic E-state index is 13.2. The number of nitrogens with zero attached hydrogens (tertiary/aromatic N) is 2. The highest BCUT2D eigenvalue weighted by Gasteiger charge is 2.38. The number of amides is 1. The van der Waals surface area contributed by atoms with Gasteiger partial charge in [0.25, 0.3) is 5.88 Å². The molecule has 0 radical (unpaired) electrons. The first-order chi connectivity index (χ1) is 20.2. The van der Waals surface area contributed by atoms with Crippen molar-refractivity contribution in [3.8, 4) is 11.6 Å². The van der Waals surface area contributed by atoms with Gasteiger partial charge in [0.1, 0.15) is 11.6 Å². The molecule has 2 aromatic carbocycles. The quantitative estimate of drug-likeness (QED) is 0.146. The van der Waals surface area contributed by atoms with Crippen LogP contribution in [0.3, 0.4) is 0 Å². The van der Waals surface area contributed by atoms with Gasteiger partial charge in [-0.2, -0.15) is 26.3 Å². The van der Waals surface area contributed by atoms with Crippen LogP contribution in [0.25, 0.3) is 0 Å². The minimum absolute atomic E-state index is 0.106. The molecule has 3 rings (SSSR count). The summed E-state index contributed by atoms with van der Waals surface area (Å²) in [6.07, 6.45) is -8.55. The number of aliphatic carboxylic acids is 2. The summed E-state index contributed by atoms with van der Waals surface area (Å²) in [6.45, 7) is 0. The normalized spacial score (nSPS) is 11.5. The number of halogens is 8. The molecule has 0 saturated heterocycles. The third kappa shape index (κ3) is 12.9. The van der Waals surface area contributed by atoms with E-state index in [4.69, 9.17) is 41.9 Å². The van der Waals surface area contributed by atoms with Gasteiger partial charge in [0.15, 0.2) is 0 Å². The van der Waals surface area contributed by atoms with E-state index < -0.39 is 47.0 Å². The number of hydrogen-bond acceptors (Lipinski definition) is 8. The summed E-state index contributed by atoms with van der Waals surface area (Å²) in [4.78, 5) is 44.4. The van der Waals surface area contributed by atoms with Crippen LogP contribution < -0.4 is 15.8 Å². The Labute approximate surface area is 246 Å². The first kappa shape index (κ1) is 37.0. The van der Waals surface area contributed by atoms with Crippen molar-refractivity contribution in [3.63, 3.8) is 0 Å².